The van der Waals surface area contributed by atoms with Crippen LogP contribution in [0, 0.1) is 0 Å². The molecule has 2 aromatic heterocycles. The molecule has 4 nitrogen and oxygen atoms in total. The van der Waals surface area contributed by atoms with Crippen molar-refractivity contribution in [3.05, 3.63) is 47.4 Å². The molecule has 3 rings (SSSR count). The monoisotopic (exact) mass is 275 g/mol. The first-order chi connectivity index (χ1) is 9.29. The highest BCUT2D eigenvalue weighted by Gasteiger charge is 2.19. The molecule has 0 saturated heterocycles. The summed E-state index contributed by atoms with van der Waals surface area (Å²) in [5.74, 6) is 1.13. The summed E-state index contributed by atoms with van der Waals surface area (Å²) in [6, 6.07) is 6.27. The molecule has 0 bridgehead atoms. The third kappa shape index (κ3) is 3.66. The van der Waals surface area contributed by atoms with E-state index in [0.29, 0.717) is 22.7 Å². The summed E-state index contributed by atoms with van der Waals surface area (Å²) in [7, 11) is 0. The fourth-order valence-electron chi connectivity index (χ4n) is 1.69. The Morgan fingerprint density at radius 3 is 2.84 bits per heavy atom. The standard InChI is InChI=1S/C14H14ClN3O/c15-11-5-13(9-16-8-11)19-14-4-1-10(7-18-14)6-17-12-2-3-12/h1,4-5,7-9,12,17H,2-3,6H2. The van der Waals surface area contributed by atoms with Crippen LogP contribution in [0.3, 0.4) is 0 Å². The predicted molar refractivity (Wildman–Crippen MR) is 73.4 cm³/mol. The summed E-state index contributed by atoms with van der Waals surface area (Å²) in [5.41, 5.74) is 1.16. The lowest BCUT2D eigenvalue weighted by molar-refractivity contribution is 0.460. The number of halogens is 1. The van der Waals surface area contributed by atoms with Crippen LogP contribution in [0.2, 0.25) is 5.02 Å². The summed E-state index contributed by atoms with van der Waals surface area (Å²) >= 11 is 5.84. The minimum Gasteiger partial charge on any atom is -0.437 e. The van der Waals surface area contributed by atoms with E-state index in [4.69, 9.17) is 16.3 Å². The van der Waals surface area contributed by atoms with Gasteiger partial charge in [0.1, 0.15) is 5.75 Å². The molecule has 1 saturated carbocycles. The van der Waals surface area contributed by atoms with Crippen molar-refractivity contribution >= 4 is 11.6 Å². The van der Waals surface area contributed by atoms with Gasteiger partial charge in [-0.2, -0.15) is 0 Å². The highest BCUT2D eigenvalue weighted by molar-refractivity contribution is 6.30. The lowest BCUT2D eigenvalue weighted by atomic mass is 10.3. The van der Waals surface area contributed by atoms with E-state index in [2.05, 4.69) is 15.3 Å². The summed E-state index contributed by atoms with van der Waals surface area (Å²) < 4.78 is 5.57. The SMILES string of the molecule is Clc1cncc(Oc2ccc(CNC3CC3)cn2)c1. The van der Waals surface area contributed by atoms with Crippen LogP contribution in [-0.4, -0.2) is 16.0 Å². The van der Waals surface area contributed by atoms with Gasteiger partial charge in [0.2, 0.25) is 5.88 Å². The second-order valence-electron chi connectivity index (χ2n) is 4.60. The Balaban J connectivity index is 1.61. The Labute approximate surface area is 116 Å². The zero-order chi connectivity index (χ0) is 13.1. The fraction of sp³-hybridized carbons (Fsp3) is 0.286. The third-order valence-corrected chi connectivity index (χ3v) is 3.08. The predicted octanol–water partition coefficient (Wildman–Crippen LogP) is 3.17. The van der Waals surface area contributed by atoms with Gasteiger partial charge in [0.05, 0.1) is 11.2 Å². The van der Waals surface area contributed by atoms with Crippen molar-refractivity contribution in [2.75, 3.05) is 0 Å². The molecule has 0 atom stereocenters. The Morgan fingerprint density at radius 2 is 2.16 bits per heavy atom. The van der Waals surface area contributed by atoms with Crippen molar-refractivity contribution in [1.29, 1.82) is 0 Å². The van der Waals surface area contributed by atoms with E-state index in [0.717, 1.165) is 12.1 Å². The number of rotatable bonds is 5. The van der Waals surface area contributed by atoms with E-state index >= 15 is 0 Å². The fourth-order valence-corrected chi connectivity index (χ4v) is 1.86. The molecule has 0 aromatic carbocycles. The lowest BCUT2D eigenvalue weighted by Gasteiger charge is -2.06. The van der Waals surface area contributed by atoms with Crippen LogP contribution in [0.15, 0.2) is 36.8 Å². The van der Waals surface area contributed by atoms with E-state index < -0.39 is 0 Å². The third-order valence-electron chi connectivity index (χ3n) is 2.87. The number of hydrogen-bond acceptors (Lipinski definition) is 4. The second-order valence-corrected chi connectivity index (χ2v) is 5.04. The molecule has 5 heteroatoms. The molecule has 1 aliphatic carbocycles. The summed E-state index contributed by atoms with van der Waals surface area (Å²) in [6.45, 7) is 0.858. The average molecular weight is 276 g/mol. The maximum absolute atomic E-state index is 5.84. The van der Waals surface area contributed by atoms with Gasteiger partial charge in [-0.1, -0.05) is 17.7 Å². The van der Waals surface area contributed by atoms with Crippen LogP contribution < -0.4 is 10.1 Å². The number of nitrogens with one attached hydrogen (secondary N) is 1. The summed E-state index contributed by atoms with van der Waals surface area (Å²) in [6.07, 6.45) is 7.57. The maximum Gasteiger partial charge on any atom is 0.219 e. The quantitative estimate of drug-likeness (QED) is 0.910. The first kappa shape index (κ1) is 12.4. The van der Waals surface area contributed by atoms with Crippen molar-refractivity contribution in [2.24, 2.45) is 0 Å². The van der Waals surface area contributed by atoms with E-state index in [1.807, 2.05) is 18.3 Å². The van der Waals surface area contributed by atoms with Crippen LogP contribution >= 0.6 is 11.6 Å². The molecule has 2 heterocycles. The van der Waals surface area contributed by atoms with Crippen molar-refractivity contribution in [2.45, 2.75) is 25.4 Å². The van der Waals surface area contributed by atoms with Gasteiger partial charge in [0.25, 0.3) is 0 Å². The summed E-state index contributed by atoms with van der Waals surface area (Å²) in [5, 5.41) is 3.99. The van der Waals surface area contributed by atoms with Gasteiger partial charge in [-0.25, -0.2) is 4.98 Å². The second kappa shape index (κ2) is 5.55. The van der Waals surface area contributed by atoms with Crippen molar-refractivity contribution in [3.63, 3.8) is 0 Å². The highest BCUT2D eigenvalue weighted by Crippen LogP contribution is 2.22. The first-order valence-electron chi connectivity index (χ1n) is 6.26. The topological polar surface area (TPSA) is 47.0 Å². The van der Waals surface area contributed by atoms with E-state index in [-0.39, 0.29) is 0 Å². The molecular formula is C14H14ClN3O. The van der Waals surface area contributed by atoms with Crippen LogP contribution in [0.4, 0.5) is 0 Å². The average Bonchev–Trinajstić information content (AvgIpc) is 3.22. The van der Waals surface area contributed by atoms with Gasteiger partial charge >= 0.3 is 0 Å². The molecule has 0 unspecified atom stereocenters. The van der Waals surface area contributed by atoms with E-state index in [1.165, 1.54) is 12.8 Å². The molecule has 0 radical (unpaired) electrons. The minimum absolute atomic E-state index is 0.541. The Kier molecular flexibility index (Phi) is 3.62. The Morgan fingerprint density at radius 1 is 1.26 bits per heavy atom. The molecule has 1 fully saturated rings. The molecule has 0 amide bonds. The molecule has 0 spiro atoms. The van der Waals surface area contributed by atoms with Crippen LogP contribution in [0.5, 0.6) is 11.6 Å². The largest absolute Gasteiger partial charge is 0.437 e. The van der Waals surface area contributed by atoms with Gasteiger partial charge in [-0.15, -0.1) is 0 Å². The molecule has 1 aliphatic rings. The number of ether oxygens (including phenoxy) is 1. The zero-order valence-corrected chi connectivity index (χ0v) is 11.1. The van der Waals surface area contributed by atoms with Crippen LogP contribution in [0.25, 0.3) is 0 Å². The number of hydrogen-bond donors (Lipinski definition) is 1. The molecule has 1 N–H and O–H groups in total. The minimum atomic E-state index is 0.541. The molecule has 98 valence electrons. The first-order valence-corrected chi connectivity index (χ1v) is 6.64. The maximum atomic E-state index is 5.84. The number of aromatic nitrogens is 2. The smallest absolute Gasteiger partial charge is 0.219 e. The summed E-state index contributed by atoms with van der Waals surface area (Å²) in [4.78, 5) is 8.23. The number of pyridine rings is 2. The van der Waals surface area contributed by atoms with Crippen molar-refractivity contribution in [1.82, 2.24) is 15.3 Å². The van der Waals surface area contributed by atoms with Gasteiger partial charge in [0, 0.05) is 37.1 Å². The van der Waals surface area contributed by atoms with E-state index in [1.54, 1.807) is 18.5 Å². The Hall–Kier alpha value is -1.65. The number of nitrogens with zero attached hydrogens (tertiary/aromatic N) is 2. The molecule has 19 heavy (non-hydrogen) atoms. The zero-order valence-electron chi connectivity index (χ0n) is 10.3. The highest BCUT2D eigenvalue weighted by atomic mass is 35.5. The van der Waals surface area contributed by atoms with Gasteiger partial charge in [0.15, 0.2) is 0 Å². The molecule has 2 aromatic rings. The van der Waals surface area contributed by atoms with Crippen LogP contribution in [-0.2, 0) is 6.54 Å². The molecular weight excluding hydrogens is 262 g/mol. The van der Waals surface area contributed by atoms with Crippen molar-refractivity contribution in [3.8, 4) is 11.6 Å². The lowest BCUT2D eigenvalue weighted by Crippen LogP contribution is -2.15. The normalized spacial score (nSPS) is 14.4. The van der Waals surface area contributed by atoms with Gasteiger partial charge in [-0.05, 0) is 18.4 Å². The van der Waals surface area contributed by atoms with Gasteiger partial charge < -0.3 is 10.1 Å². The van der Waals surface area contributed by atoms with Crippen LogP contribution in [0.1, 0.15) is 18.4 Å². The van der Waals surface area contributed by atoms with Gasteiger partial charge in [-0.3, -0.25) is 4.98 Å². The Bertz CT molecular complexity index is 555. The van der Waals surface area contributed by atoms with E-state index in [9.17, 15) is 0 Å². The molecule has 0 aliphatic heterocycles. The van der Waals surface area contributed by atoms with Crippen molar-refractivity contribution < 1.29 is 4.74 Å².